The van der Waals surface area contributed by atoms with Crippen molar-refractivity contribution in [3.05, 3.63) is 57.1 Å². The van der Waals surface area contributed by atoms with Gasteiger partial charge in [-0.15, -0.1) is 0 Å². The number of aromatic nitrogens is 1. The third-order valence-corrected chi connectivity index (χ3v) is 4.75. The summed E-state index contributed by atoms with van der Waals surface area (Å²) in [6.45, 7) is 3.38. The Morgan fingerprint density at radius 2 is 2.12 bits per heavy atom. The topological polar surface area (TPSA) is 87.5 Å². The fourth-order valence-electron chi connectivity index (χ4n) is 2.68. The van der Waals surface area contributed by atoms with Gasteiger partial charge in [-0.1, -0.05) is 11.2 Å². The number of amides is 3. The van der Waals surface area contributed by atoms with Gasteiger partial charge in [-0.2, -0.15) is 0 Å². The number of benzene rings is 1. The molecule has 1 aromatic heterocycles. The second kappa shape index (κ2) is 6.91. The summed E-state index contributed by atoms with van der Waals surface area (Å²) in [4.78, 5) is 26.4. The zero-order valence-corrected chi connectivity index (χ0v) is 15.8. The lowest BCUT2D eigenvalue weighted by molar-refractivity contribution is -0.113. The normalized spacial score (nSPS) is 17.3. The molecule has 2 aromatic rings. The number of urea groups is 1. The third kappa shape index (κ3) is 3.34. The van der Waals surface area contributed by atoms with E-state index in [1.54, 1.807) is 27.0 Å². The molecule has 0 bridgehead atoms. The predicted octanol–water partition coefficient (Wildman–Crippen LogP) is 3.49. The van der Waals surface area contributed by atoms with Crippen LogP contribution in [0.25, 0.3) is 0 Å². The van der Waals surface area contributed by atoms with Crippen LogP contribution in [0.1, 0.15) is 24.3 Å². The second-order valence-corrected chi connectivity index (χ2v) is 6.75. The van der Waals surface area contributed by atoms with Crippen molar-refractivity contribution in [3.8, 4) is 0 Å². The number of hydrogen-bond acceptors (Lipinski definition) is 4. The van der Waals surface area contributed by atoms with Crippen LogP contribution in [-0.2, 0) is 4.79 Å². The van der Waals surface area contributed by atoms with Gasteiger partial charge < -0.3 is 20.1 Å². The summed E-state index contributed by atoms with van der Waals surface area (Å²) in [6, 6.07) is 4.83. The Bertz CT molecular complexity index is 924. The van der Waals surface area contributed by atoms with E-state index in [1.165, 1.54) is 23.1 Å². The Balaban J connectivity index is 2.02. The monoisotopic (exact) mass is 422 g/mol. The van der Waals surface area contributed by atoms with Crippen molar-refractivity contribution in [3.63, 3.8) is 0 Å². The molecule has 136 valence electrons. The largest absolute Gasteiger partial charge is 0.360 e. The molecule has 1 atom stereocenters. The molecule has 0 spiro atoms. The van der Waals surface area contributed by atoms with Crippen LogP contribution in [0.4, 0.5) is 15.0 Å². The molecule has 9 heteroatoms. The Morgan fingerprint density at radius 1 is 1.38 bits per heavy atom. The summed E-state index contributed by atoms with van der Waals surface area (Å²) in [5.41, 5.74) is 1.38. The molecule has 2 N–H and O–H groups in total. The highest BCUT2D eigenvalue weighted by molar-refractivity contribution is 9.10. The zero-order valence-electron chi connectivity index (χ0n) is 14.3. The summed E-state index contributed by atoms with van der Waals surface area (Å²) in [6.07, 6.45) is 0. The maximum atomic E-state index is 13.6. The summed E-state index contributed by atoms with van der Waals surface area (Å²) in [5.74, 6) is -0.0450. The molecule has 1 aliphatic rings. The maximum Gasteiger partial charge on any atom is 0.322 e. The lowest BCUT2D eigenvalue weighted by atomic mass is 9.94. The fraction of sp³-hybridized carbons (Fsp3) is 0.235. The number of nitrogens with one attached hydrogen (secondary N) is 2. The van der Waals surface area contributed by atoms with E-state index in [0.29, 0.717) is 22.6 Å². The first kappa shape index (κ1) is 18.1. The zero-order chi connectivity index (χ0) is 19.0. The van der Waals surface area contributed by atoms with Crippen LogP contribution in [0.15, 0.2) is 44.5 Å². The van der Waals surface area contributed by atoms with Crippen molar-refractivity contribution in [2.24, 2.45) is 0 Å². The smallest absolute Gasteiger partial charge is 0.322 e. The van der Waals surface area contributed by atoms with E-state index >= 15 is 0 Å². The van der Waals surface area contributed by atoms with Crippen LogP contribution in [0.3, 0.4) is 0 Å². The van der Waals surface area contributed by atoms with Crippen molar-refractivity contribution in [1.82, 2.24) is 15.4 Å². The van der Waals surface area contributed by atoms with Gasteiger partial charge in [0.1, 0.15) is 11.6 Å². The van der Waals surface area contributed by atoms with Gasteiger partial charge in [-0.05, 0) is 47.5 Å². The number of carbonyl (C=O) groups is 2. The summed E-state index contributed by atoms with van der Waals surface area (Å²) in [7, 11) is 1.56. The summed E-state index contributed by atoms with van der Waals surface area (Å²) >= 11 is 3.13. The highest BCUT2D eigenvalue weighted by Crippen LogP contribution is 2.32. The molecule has 1 aliphatic heterocycles. The molecule has 7 nitrogen and oxygen atoms in total. The van der Waals surface area contributed by atoms with Crippen molar-refractivity contribution in [1.29, 1.82) is 0 Å². The van der Waals surface area contributed by atoms with E-state index in [-0.39, 0.29) is 16.3 Å². The van der Waals surface area contributed by atoms with Crippen molar-refractivity contribution in [2.75, 3.05) is 12.4 Å². The van der Waals surface area contributed by atoms with Crippen LogP contribution in [-0.4, -0.2) is 29.0 Å². The van der Waals surface area contributed by atoms with Crippen LogP contribution in [0, 0.1) is 12.7 Å². The molecule has 2 heterocycles. The molecule has 0 radical (unpaired) electrons. The molecular formula is C17H16BrFN4O3. The highest BCUT2D eigenvalue weighted by atomic mass is 79.9. The standard InChI is InChI=1S/C17H16BrFN4O3/c1-8-6-13(22-26-8)20-16(24)14-9(2)23(3)17(25)21-15(14)10-4-5-12(19)11(18)7-10/h4-7,15H,1-3H3,(H,21,25)(H,20,22,24)/t15-/m1/s1. The SMILES string of the molecule is CC1=C(C(=O)Nc2cc(C)on2)[C@@H](c2ccc(F)c(Br)c2)NC(=O)N1C. The molecule has 0 saturated carbocycles. The number of rotatable bonds is 3. The van der Waals surface area contributed by atoms with Gasteiger partial charge in [0, 0.05) is 18.8 Å². The average Bonchev–Trinajstić information content (AvgIpc) is 2.99. The van der Waals surface area contributed by atoms with Gasteiger partial charge in [0.05, 0.1) is 16.1 Å². The molecular weight excluding hydrogens is 407 g/mol. The number of halogens is 2. The molecule has 26 heavy (non-hydrogen) atoms. The van der Waals surface area contributed by atoms with E-state index in [1.807, 2.05) is 0 Å². The van der Waals surface area contributed by atoms with Gasteiger partial charge in [0.15, 0.2) is 5.82 Å². The first-order valence-electron chi connectivity index (χ1n) is 7.72. The third-order valence-electron chi connectivity index (χ3n) is 4.15. The second-order valence-electron chi connectivity index (χ2n) is 5.89. The van der Waals surface area contributed by atoms with Crippen LogP contribution >= 0.6 is 15.9 Å². The minimum Gasteiger partial charge on any atom is -0.360 e. The fourth-order valence-corrected chi connectivity index (χ4v) is 3.08. The molecule has 0 unspecified atom stereocenters. The lowest BCUT2D eigenvalue weighted by Crippen LogP contribution is -2.46. The van der Waals surface area contributed by atoms with Crippen LogP contribution in [0.2, 0.25) is 0 Å². The molecule has 1 aromatic carbocycles. The molecule has 0 saturated heterocycles. The van der Waals surface area contributed by atoms with Gasteiger partial charge in [0.25, 0.3) is 5.91 Å². The Kier molecular flexibility index (Phi) is 4.82. The highest BCUT2D eigenvalue weighted by Gasteiger charge is 2.34. The Hall–Kier alpha value is -2.68. The summed E-state index contributed by atoms with van der Waals surface area (Å²) in [5, 5.41) is 9.17. The van der Waals surface area contributed by atoms with E-state index in [9.17, 15) is 14.0 Å². The van der Waals surface area contributed by atoms with Gasteiger partial charge in [-0.3, -0.25) is 4.79 Å². The van der Waals surface area contributed by atoms with Crippen molar-refractivity contribution in [2.45, 2.75) is 19.9 Å². The number of hydrogen-bond donors (Lipinski definition) is 2. The van der Waals surface area contributed by atoms with Gasteiger partial charge in [0.2, 0.25) is 0 Å². The Labute approximate surface area is 157 Å². The molecule has 0 aliphatic carbocycles. The average molecular weight is 423 g/mol. The number of allylic oxidation sites excluding steroid dienone is 1. The van der Waals surface area contributed by atoms with Crippen molar-refractivity contribution < 1.29 is 18.5 Å². The van der Waals surface area contributed by atoms with Crippen LogP contribution < -0.4 is 10.6 Å². The first-order valence-corrected chi connectivity index (χ1v) is 8.52. The minimum atomic E-state index is -0.733. The quantitative estimate of drug-likeness (QED) is 0.792. The number of aryl methyl sites for hydroxylation is 1. The van der Waals surface area contributed by atoms with E-state index in [2.05, 4.69) is 31.7 Å². The van der Waals surface area contributed by atoms with E-state index < -0.39 is 17.8 Å². The molecule has 3 amide bonds. The predicted molar refractivity (Wildman–Crippen MR) is 95.7 cm³/mol. The molecule has 0 fully saturated rings. The summed E-state index contributed by atoms with van der Waals surface area (Å²) < 4.78 is 18.8. The van der Waals surface area contributed by atoms with E-state index in [0.717, 1.165) is 0 Å². The number of nitrogens with zero attached hydrogens (tertiary/aromatic N) is 2. The molecule has 3 rings (SSSR count). The van der Waals surface area contributed by atoms with Gasteiger partial charge >= 0.3 is 6.03 Å². The van der Waals surface area contributed by atoms with Gasteiger partial charge in [-0.25, -0.2) is 9.18 Å². The first-order chi connectivity index (χ1) is 12.3. The minimum absolute atomic E-state index is 0.243. The van der Waals surface area contributed by atoms with E-state index in [4.69, 9.17) is 4.52 Å². The maximum absolute atomic E-state index is 13.6. The van der Waals surface area contributed by atoms with Crippen molar-refractivity contribution >= 4 is 33.7 Å². The van der Waals surface area contributed by atoms with Crippen LogP contribution in [0.5, 0.6) is 0 Å². The Morgan fingerprint density at radius 3 is 2.73 bits per heavy atom. The lowest BCUT2D eigenvalue weighted by Gasteiger charge is -2.33. The number of carbonyl (C=O) groups excluding carboxylic acids is 2. The number of anilines is 1.